The summed E-state index contributed by atoms with van der Waals surface area (Å²) in [4.78, 5) is 12.0. The molecular formula is C16H18N2O2. The zero-order chi connectivity index (χ0) is 14.0. The second-order valence-electron chi connectivity index (χ2n) is 5.42. The number of hydrogen-bond donors (Lipinski definition) is 1. The van der Waals surface area contributed by atoms with Crippen molar-refractivity contribution in [1.29, 1.82) is 0 Å². The highest BCUT2D eigenvalue weighted by Gasteiger charge is 2.42. The second-order valence-corrected chi connectivity index (χ2v) is 5.42. The van der Waals surface area contributed by atoms with E-state index in [9.17, 15) is 9.90 Å². The molecule has 0 bridgehead atoms. The third-order valence-corrected chi connectivity index (χ3v) is 4.29. The van der Waals surface area contributed by atoms with Crippen molar-refractivity contribution in [3.63, 3.8) is 0 Å². The van der Waals surface area contributed by atoms with E-state index >= 15 is 0 Å². The van der Waals surface area contributed by atoms with Crippen LogP contribution >= 0.6 is 0 Å². The Labute approximate surface area is 118 Å². The maximum Gasteiger partial charge on any atom is 0.314 e. The SMILES string of the molecule is O=C(O)C1(c2ccccc2-n2cccn2)CCCCC1. The van der Waals surface area contributed by atoms with E-state index in [0.717, 1.165) is 30.5 Å². The molecule has 1 heterocycles. The smallest absolute Gasteiger partial charge is 0.314 e. The fourth-order valence-electron chi connectivity index (χ4n) is 3.24. The molecule has 3 rings (SSSR count). The molecule has 0 amide bonds. The van der Waals surface area contributed by atoms with Gasteiger partial charge in [-0.1, -0.05) is 37.5 Å². The van der Waals surface area contributed by atoms with E-state index < -0.39 is 11.4 Å². The quantitative estimate of drug-likeness (QED) is 0.932. The minimum Gasteiger partial charge on any atom is -0.481 e. The van der Waals surface area contributed by atoms with E-state index in [-0.39, 0.29) is 0 Å². The lowest BCUT2D eigenvalue weighted by Crippen LogP contribution is -2.38. The molecule has 4 heteroatoms. The number of para-hydroxylation sites is 1. The summed E-state index contributed by atoms with van der Waals surface area (Å²) in [5, 5.41) is 14.1. The van der Waals surface area contributed by atoms with Gasteiger partial charge in [0.25, 0.3) is 0 Å². The molecule has 0 spiro atoms. The number of benzene rings is 1. The maximum atomic E-state index is 12.0. The van der Waals surface area contributed by atoms with Crippen LogP contribution in [0, 0.1) is 0 Å². The van der Waals surface area contributed by atoms with Gasteiger partial charge in [0.15, 0.2) is 0 Å². The van der Waals surface area contributed by atoms with Gasteiger partial charge in [-0.2, -0.15) is 5.10 Å². The Kier molecular flexibility index (Phi) is 3.30. The summed E-state index contributed by atoms with van der Waals surface area (Å²) in [6.07, 6.45) is 8.06. The highest BCUT2D eigenvalue weighted by Crippen LogP contribution is 2.42. The highest BCUT2D eigenvalue weighted by atomic mass is 16.4. The van der Waals surface area contributed by atoms with Crippen molar-refractivity contribution in [2.24, 2.45) is 0 Å². The number of rotatable bonds is 3. The summed E-state index contributed by atoms with van der Waals surface area (Å²) in [6, 6.07) is 9.59. The number of carbonyl (C=O) groups is 1. The summed E-state index contributed by atoms with van der Waals surface area (Å²) in [5.41, 5.74) is 0.999. The molecule has 0 aliphatic heterocycles. The first-order valence-electron chi connectivity index (χ1n) is 7.07. The van der Waals surface area contributed by atoms with Crippen molar-refractivity contribution in [2.45, 2.75) is 37.5 Å². The Morgan fingerprint density at radius 1 is 1.15 bits per heavy atom. The molecule has 1 N–H and O–H groups in total. The summed E-state index contributed by atoms with van der Waals surface area (Å²) < 4.78 is 1.76. The Morgan fingerprint density at radius 2 is 1.90 bits per heavy atom. The van der Waals surface area contributed by atoms with Crippen LogP contribution in [-0.4, -0.2) is 20.9 Å². The van der Waals surface area contributed by atoms with E-state index in [2.05, 4.69) is 5.10 Å². The number of carboxylic acids is 1. The Bertz CT molecular complexity index is 599. The molecule has 1 fully saturated rings. The first kappa shape index (κ1) is 12.9. The van der Waals surface area contributed by atoms with Gasteiger partial charge in [0, 0.05) is 12.4 Å². The van der Waals surface area contributed by atoms with Crippen LogP contribution in [0.3, 0.4) is 0 Å². The van der Waals surface area contributed by atoms with Crippen LogP contribution in [-0.2, 0) is 10.2 Å². The van der Waals surface area contributed by atoms with Crippen LogP contribution in [0.15, 0.2) is 42.7 Å². The standard InChI is InChI=1S/C16H18N2O2/c19-15(20)16(9-4-1-5-10-16)13-7-2-3-8-14(13)18-12-6-11-17-18/h2-3,6-8,11-12H,1,4-5,9-10H2,(H,19,20). The summed E-state index contributed by atoms with van der Waals surface area (Å²) in [7, 11) is 0. The lowest BCUT2D eigenvalue weighted by molar-refractivity contribution is -0.145. The van der Waals surface area contributed by atoms with Gasteiger partial charge in [0.1, 0.15) is 0 Å². The molecule has 4 nitrogen and oxygen atoms in total. The predicted octanol–water partition coefficient (Wildman–Crippen LogP) is 3.16. The van der Waals surface area contributed by atoms with Crippen molar-refractivity contribution in [2.75, 3.05) is 0 Å². The van der Waals surface area contributed by atoms with Crippen LogP contribution in [0.2, 0.25) is 0 Å². The molecule has 1 aromatic carbocycles. The molecule has 1 saturated carbocycles. The fraction of sp³-hybridized carbons (Fsp3) is 0.375. The largest absolute Gasteiger partial charge is 0.481 e. The molecule has 0 unspecified atom stereocenters. The van der Waals surface area contributed by atoms with Crippen LogP contribution < -0.4 is 0 Å². The summed E-state index contributed by atoms with van der Waals surface area (Å²) >= 11 is 0. The third-order valence-electron chi connectivity index (χ3n) is 4.29. The normalized spacial score (nSPS) is 17.8. The highest BCUT2D eigenvalue weighted by molar-refractivity contribution is 5.83. The van der Waals surface area contributed by atoms with Gasteiger partial charge >= 0.3 is 5.97 Å². The second kappa shape index (κ2) is 5.12. The van der Waals surface area contributed by atoms with Crippen LogP contribution in [0.1, 0.15) is 37.7 Å². The minimum atomic E-state index is -0.763. The first-order chi connectivity index (χ1) is 9.74. The zero-order valence-electron chi connectivity index (χ0n) is 11.3. The molecule has 0 atom stereocenters. The Balaban J connectivity index is 2.15. The first-order valence-corrected chi connectivity index (χ1v) is 7.07. The van der Waals surface area contributed by atoms with E-state index in [4.69, 9.17) is 0 Å². The Morgan fingerprint density at radius 3 is 2.55 bits per heavy atom. The number of aromatic nitrogens is 2. The number of nitrogens with zero attached hydrogens (tertiary/aromatic N) is 2. The average Bonchev–Trinajstić information content (AvgIpc) is 3.02. The topological polar surface area (TPSA) is 55.1 Å². The van der Waals surface area contributed by atoms with Crippen molar-refractivity contribution in [3.05, 3.63) is 48.3 Å². The van der Waals surface area contributed by atoms with Crippen molar-refractivity contribution in [1.82, 2.24) is 9.78 Å². The van der Waals surface area contributed by atoms with Crippen molar-refractivity contribution in [3.8, 4) is 5.69 Å². The summed E-state index contributed by atoms with van der Waals surface area (Å²) in [6.45, 7) is 0. The summed E-state index contributed by atoms with van der Waals surface area (Å²) in [5.74, 6) is -0.711. The molecule has 0 saturated heterocycles. The Hall–Kier alpha value is -2.10. The van der Waals surface area contributed by atoms with Gasteiger partial charge in [-0.3, -0.25) is 4.79 Å². The lowest BCUT2D eigenvalue weighted by atomic mass is 9.69. The van der Waals surface area contributed by atoms with Crippen molar-refractivity contribution >= 4 is 5.97 Å². The van der Waals surface area contributed by atoms with E-state index in [0.29, 0.717) is 12.8 Å². The molecular weight excluding hydrogens is 252 g/mol. The van der Waals surface area contributed by atoms with Gasteiger partial charge in [-0.25, -0.2) is 4.68 Å². The maximum absolute atomic E-state index is 12.0. The molecule has 1 aromatic heterocycles. The number of carboxylic acid groups (broad SMARTS) is 1. The van der Waals surface area contributed by atoms with Crippen molar-refractivity contribution < 1.29 is 9.90 Å². The molecule has 0 radical (unpaired) electrons. The average molecular weight is 270 g/mol. The predicted molar refractivity (Wildman–Crippen MR) is 76.0 cm³/mol. The lowest BCUT2D eigenvalue weighted by Gasteiger charge is -2.34. The molecule has 2 aromatic rings. The number of hydrogen-bond acceptors (Lipinski definition) is 2. The molecule has 20 heavy (non-hydrogen) atoms. The minimum absolute atomic E-state index is 0.709. The van der Waals surface area contributed by atoms with Gasteiger partial charge in [0.05, 0.1) is 11.1 Å². The van der Waals surface area contributed by atoms with Crippen LogP contribution in [0.4, 0.5) is 0 Å². The molecule has 1 aliphatic rings. The van der Waals surface area contributed by atoms with Crippen LogP contribution in [0.25, 0.3) is 5.69 Å². The van der Waals surface area contributed by atoms with Gasteiger partial charge in [0.2, 0.25) is 0 Å². The molecule has 104 valence electrons. The molecule has 1 aliphatic carbocycles. The monoisotopic (exact) mass is 270 g/mol. The van der Waals surface area contributed by atoms with Gasteiger partial charge < -0.3 is 5.11 Å². The third kappa shape index (κ3) is 2.01. The van der Waals surface area contributed by atoms with E-state index in [1.807, 2.05) is 36.5 Å². The van der Waals surface area contributed by atoms with E-state index in [1.54, 1.807) is 10.9 Å². The van der Waals surface area contributed by atoms with Crippen LogP contribution in [0.5, 0.6) is 0 Å². The van der Waals surface area contributed by atoms with E-state index in [1.165, 1.54) is 0 Å². The fourth-order valence-corrected chi connectivity index (χ4v) is 3.24. The van der Waals surface area contributed by atoms with Gasteiger partial charge in [-0.05, 0) is 30.5 Å². The van der Waals surface area contributed by atoms with Gasteiger partial charge in [-0.15, -0.1) is 0 Å². The number of aliphatic carboxylic acids is 1. The zero-order valence-corrected chi connectivity index (χ0v) is 11.3.